The van der Waals surface area contributed by atoms with Crippen molar-refractivity contribution in [2.24, 2.45) is 11.7 Å². The largest absolute Gasteiger partial charge is 0.326 e. The highest BCUT2D eigenvalue weighted by Gasteiger charge is 2.27. The first kappa shape index (κ1) is 13.3. The van der Waals surface area contributed by atoms with Crippen LogP contribution >= 0.6 is 0 Å². The van der Waals surface area contributed by atoms with E-state index in [1.54, 1.807) is 0 Å². The molecule has 2 saturated heterocycles. The third-order valence-electron chi connectivity index (χ3n) is 4.58. The fraction of sp³-hybridized carbons (Fsp3) is 1.00. The molecule has 1 atom stereocenters. The number of nitrogens with two attached hydrogens (primary N) is 1. The van der Waals surface area contributed by atoms with Crippen LogP contribution < -0.4 is 5.73 Å². The van der Waals surface area contributed by atoms with E-state index in [1.807, 2.05) is 0 Å². The summed E-state index contributed by atoms with van der Waals surface area (Å²) in [7, 11) is 0. The quantitative estimate of drug-likeness (QED) is 0.807. The number of piperidine rings is 1. The summed E-state index contributed by atoms with van der Waals surface area (Å²) in [5.74, 6) is 0.755. The van der Waals surface area contributed by atoms with Crippen molar-refractivity contribution in [2.75, 3.05) is 32.7 Å². The zero-order valence-electron chi connectivity index (χ0n) is 11.6. The molecule has 0 aromatic carbocycles. The van der Waals surface area contributed by atoms with Gasteiger partial charge in [0, 0.05) is 18.6 Å². The minimum atomic E-state index is 0.405. The molecule has 0 aromatic heterocycles. The number of nitrogens with zero attached hydrogens (tertiary/aromatic N) is 2. The van der Waals surface area contributed by atoms with E-state index in [9.17, 15) is 0 Å². The Balaban J connectivity index is 1.71. The predicted octanol–water partition coefficient (Wildman–Crippen LogP) is 1.53. The minimum absolute atomic E-state index is 0.405. The van der Waals surface area contributed by atoms with E-state index < -0.39 is 0 Å². The molecular formula is C14H29N3. The summed E-state index contributed by atoms with van der Waals surface area (Å²) in [6.07, 6.45) is 5.34. The van der Waals surface area contributed by atoms with Crippen molar-refractivity contribution >= 4 is 0 Å². The van der Waals surface area contributed by atoms with Crippen molar-refractivity contribution in [3.05, 3.63) is 0 Å². The molecule has 0 aromatic rings. The molecule has 17 heavy (non-hydrogen) atoms. The van der Waals surface area contributed by atoms with Gasteiger partial charge < -0.3 is 15.5 Å². The van der Waals surface area contributed by atoms with Gasteiger partial charge >= 0.3 is 0 Å². The molecule has 0 spiro atoms. The van der Waals surface area contributed by atoms with Crippen LogP contribution in [0, 0.1) is 5.92 Å². The van der Waals surface area contributed by atoms with Crippen molar-refractivity contribution in [3.8, 4) is 0 Å². The van der Waals surface area contributed by atoms with Gasteiger partial charge in [-0.3, -0.25) is 0 Å². The summed E-state index contributed by atoms with van der Waals surface area (Å²) in [4.78, 5) is 5.14. The number of hydrogen-bond acceptors (Lipinski definition) is 3. The van der Waals surface area contributed by atoms with Gasteiger partial charge in [-0.25, -0.2) is 0 Å². The molecule has 2 fully saturated rings. The van der Waals surface area contributed by atoms with Crippen LogP contribution in [0.2, 0.25) is 0 Å². The molecule has 0 saturated carbocycles. The smallest absolute Gasteiger partial charge is 0.0197 e. The average Bonchev–Trinajstić information content (AvgIpc) is 2.82. The lowest BCUT2D eigenvalue weighted by atomic mass is 9.89. The fourth-order valence-electron chi connectivity index (χ4n) is 3.28. The van der Waals surface area contributed by atoms with Crippen LogP contribution in [0.3, 0.4) is 0 Å². The van der Waals surface area contributed by atoms with E-state index in [4.69, 9.17) is 5.73 Å². The van der Waals surface area contributed by atoms with Crippen molar-refractivity contribution in [2.45, 2.75) is 51.6 Å². The van der Waals surface area contributed by atoms with Gasteiger partial charge in [-0.05, 0) is 71.6 Å². The molecule has 0 radical (unpaired) electrons. The van der Waals surface area contributed by atoms with Crippen molar-refractivity contribution < 1.29 is 0 Å². The number of rotatable bonds is 4. The summed E-state index contributed by atoms with van der Waals surface area (Å²) >= 11 is 0. The van der Waals surface area contributed by atoms with Crippen LogP contribution in [-0.4, -0.2) is 54.6 Å². The van der Waals surface area contributed by atoms with E-state index in [1.165, 1.54) is 51.9 Å². The second-order valence-corrected chi connectivity index (χ2v) is 6.14. The molecule has 2 aliphatic heterocycles. The molecular weight excluding hydrogens is 210 g/mol. The molecule has 100 valence electrons. The van der Waals surface area contributed by atoms with Crippen molar-refractivity contribution in [1.82, 2.24) is 9.80 Å². The van der Waals surface area contributed by atoms with E-state index >= 15 is 0 Å². The van der Waals surface area contributed by atoms with E-state index in [-0.39, 0.29) is 0 Å². The highest BCUT2D eigenvalue weighted by molar-refractivity contribution is 4.84. The number of hydrogen-bond donors (Lipinski definition) is 1. The molecule has 0 aliphatic carbocycles. The predicted molar refractivity (Wildman–Crippen MR) is 73.1 cm³/mol. The van der Waals surface area contributed by atoms with Crippen LogP contribution in [0.5, 0.6) is 0 Å². The monoisotopic (exact) mass is 239 g/mol. The van der Waals surface area contributed by atoms with Gasteiger partial charge in [0.2, 0.25) is 0 Å². The molecule has 3 nitrogen and oxygen atoms in total. The third-order valence-corrected chi connectivity index (χ3v) is 4.58. The molecule has 0 bridgehead atoms. The SMILES string of the molecule is CC(C)N1CCC(C(N)CN2CCCC2)CC1. The molecule has 1 unspecified atom stereocenters. The number of likely N-dealkylation sites (tertiary alicyclic amines) is 2. The Morgan fingerprint density at radius 3 is 2.18 bits per heavy atom. The van der Waals surface area contributed by atoms with Gasteiger partial charge in [0.05, 0.1) is 0 Å². The summed E-state index contributed by atoms with van der Waals surface area (Å²) in [6, 6.07) is 1.10. The van der Waals surface area contributed by atoms with Crippen LogP contribution in [0.4, 0.5) is 0 Å². The zero-order chi connectivity index (χ0) is 12.3. The van der Waals surface area contributed by atoms with Gasteiger partial charge in [0.15, 0.2) is 0 Å². The molecule has 2 aliphatic rings. The van der Waals surface area contributed by atoms with Gasteiger partial charge in [-0.2, -0.15) is 0 Å². The van der Waals surface area contributed by atoms with Crippen LogP contribution in [-0.2, 0) is 0 Å². The minimum Gasteiger partial charge on any atom is -0.326 e. The summed E-state index contributed by atoms with van der Waals surface area (Å²) in [5.41, 5.74) is 6.39. The highest BCUT2D eigenvalue weighted by Crippen LogP contribution is 2.22. The molecule has 3 heteroatoms. The summed E-state index contributed by atoms with van der Waals surface area (Å²) in [6.45, 7) is 10.8. The van der Waals surface area contributed by atoms with Gasteiger partial charge in [0.25, 0.3) is 0 Å². The first-order valence-corrected chi connectivity index (χ1v) is 7.39. The first-order valence-electron chi connectivity index (χ1n) is 7.39. The topological polar surface area (TPSA) is 32.5 Å². The average molecular weight is 239 g/mol. The standard InChI is InChI=1S/C14H29N3/c1-12(2)17-9-5-13(6-10-17)14(15)11-16-7-3-4-8-16/h12-14H,3-11,15H2,1-2H3. The van der Waals surface area contributed by atoms with E-state index in [0.29, 0.717) is 12.1 Å². The van der Waals surface area contributed by atoms with Gasteiger partial charge in [-0.15, -0.1) is 0 Å². The normalized spacial score (nSPS) is 26.8. The highest BCUT2D eigenvalue weighted by atomic mass is 15.2. The zero-order valence-corrected chi connectivity index (χ0v) is 11.6. The second-order valence-electron chi connectivity index (χ2n) is 6.14. The lowest BCUT2D eigenvalue weighted by Gasteiger charge is -2.37. The van der Waals surface area contributed by atoms with Crippen LogP contribution in [0.15, 0.2) is 0 Å². The lowest BCUT2D eigenvalue weighted by Crippen LogP contribution is -2.47. The van der Waals surface area contributed by atoms with E-state index in [0.717, 1.165) is 12.5 Å². The lowest BCUT2D eigenvalue weighted by molar-refractivity contribution is 0.128. The Morgan fingerprint density at radius 1 is 1.06 bits per heavy atom. The maximum absolute atomic E-state index is 6.39. The summed E-state index contributed by atoms with van der Waals surface area (Å²) in [5, 5.41) is 0. The van der Waals surface area contributed by atoms with Crippen molar-refractivity contribution in [3.63, 3.8) is 0 Å². The Kier molecular flexibility index (Phi) is 4.83. The Hall–Kier alpha value is -0.120. The maximum Gasteiger partial charge on any atom is 0.0197 e. The molecule has 2 heterocycles. The second kappa shape index (κ2) is 6.17. The molecule has 2 rings (SSSR count). The Morgan fingerprint density at radius 2 is 1.65 bits per heavy atom. The first-order chi connectivity index (χ1) is 8.16. The summed E-state index contributed by atoms with van der Waals surface area (Å²) < 4.78 is 0. The molecule has 2 N–H and O–H groups in total. The van der Waals surface area contributed by atoms with Gasteiger partial charge in [-0.1, -0.05) is 0 Å². The molecule has 0 amide bonds. The third kappa shape index (κ3) is 3.67. The van der Waals surface area contributed by atoms with E-state index in [2.05, 4.69) is 23.6 Å². The maximum atomic E-state index is 6.39. The van der Waals surface area contributed by atoms with Crippen LogP contribution in [0.25, 0.3) is 0 Å². The van der Waals surface area contributed by atoms with Crippen molar-refractivity contribution in [1.29, 1.82) is 0 Å². The Bertz CT molecular complexity index is 216. The van der Waals surface area contributed by atoms with Gasteiger partial charge in [0.1, 0.15) is 0 Å². The Labute approximate surface area is 106 Å². The van der Waals surface area contributed by atoms with Crippen LogP contribution in [0.1, 0.15) is 39.5 Å². The fourth-order valence-corrected chi connectivity index (χ4v) is 3.28.